The average molecular weight is 479 g/mol. The van der Waals surface area contributed by atoms with E-state index in [1.54, 1.807) is 13.8 Å². The molecule has 0 aliphatic heterocycles. The van der Waals surface area contributed by atoms with Crippen molar-refractivity contribution in [2.45, 2.75) is 70.3 Å². The molecular weight excluding hydrogens is 444 g/mol. The summed E-state index contributed by atoms with van der Waals surface area (Å²) >= 11 is 1.52. The van der Waals surface area contributed by atoms with Gasteiger partial charge in [0.1, 0.15) is 12.1 Å². The summed E-state index contributed by atoms with van der Waals surface area (Å²) in [4.78, 5) is 59.9. The number of carbonyl (C=O) groups excluding carboxylic acids is 3. The van der Waals surface area contributed by atoms with E-state index in [-0.39, 0.29) is 12.3 Å². The van der Waals surface area contributed by atoms with Crippen molar-refractivity contribution in [3.8, 4) is 0 Å². The van der Waals surface area contributed by atoms with Crippen LogP contribution in [0.25, 0.3) is 0 Å². The van der Waals surface area contributed by atoms with Gasteiger partial charge in [0.05, 0.1) is 12.1 Å². The second-order valence-electron chi connectivity index (χ2n) is 7.68. The Hall–Kier alpha value is -2.38. The Morgan fingerprint density at radius 3 is 1.88 bits per heavy atom. The van der Waals surface area contributed by atoms with Crippen LogP contribution in [0.5, 0.6) is 0 Å². The molecule has 3 amide bonds. The minimum absolute atomic E-state index is 0.328. The molecule has 0 spiro atoms. The molecule has 13 heteroatoms. The van der Waals surface area contributed by atoms with E-state index in [1.165, 1.54) is 11.8 Å². The van der Waals surface area contributed by atoms with Crippen molar-refractivity contribution in [1.29, 1.82) is 0 Å². The highest BCUT2D eigenvalue weighted by molar-refractivity contribution is 7.98. The molecule has 0 heterocycles. The molecule has 12 nitrogen and oxygen atoms in total. The van der Waals surface area contributed by atoms with Crippen LogP contribution in [0.2, 0.25) is 0 Å². The highest BCUT2D eigenvalue weighted by atomic mass is 32.2. The maximum atomic E-state index is 12.8. The number of carbonyl (C=O) groups is 5. The van der Waals surface area contributed by atoms with Crippen molar-refractivity contribution < 1.29 is 39.3 Å². The molecule has 0 aromatic carbocycles. The number of hydrogen-bond acceptors (Lipinski definition) is 8. The fourth-order valence-corrected chi connectivity index (χ4v) is 3.10. The van der Waals surface area contributed by atoms with Gasteiger partial charge in [-0.05, 0) is 37.7 Å². The number of aliphatic hydroxyl groups is 1. The molecule has 0 aromatic rings. The van der Waals surface area contributed by atoms with Crippen LogP contribution in [0.4, 0.5) is 0 Å². The summed E-state index contributed by atoms with van der Waals surface area (Å²) in [5.74, 6) is -4.73. The molecule has 0 bridgehead atoms. The topological polar surface area (TPSA) is 208 Å². The number of hydrogen-bond donors (Lipinski definition) is 7. The second kappa shape index (κ2) is 14.6. The molecular formula is C19H34N4O8S. The molecule has 5 atom stereocenters. The molecule has 0 saturated heterocycles. The number of carboxylic acid groups (broad SMARTS) is 2. The quantitative estimate of drug-likeness (QED) is 0.145. The smallest absolute Gasteiger partial charge is 0.328 e. The van der Waals surface area contributed by atoms with Crippen LogP contribution in [-0.4, -0.2) is 87.3 Å². The number of nitrogens with one attached hydrogen (secondary N) is 3. The fourth-order valence-electron chi connectivity index (χ4n) is 2.61. The van der Waals surface area contributed by atoms with Gasteiger partial charge in [-0.3, -0.25) is 19.2 Å². The summed E-state index contributed by atoms with van der Waals surface area (Å²) in [5, 5.41) is 34.6. The molecule has 8 N–H and O–H groups in total. The number of rotatable bonds is 15. The summed E-state index contributed by atoms with van der Waals surface area (Å²) in [6.07, 6.45) is 0.0226. The molecule has 184 valence electrons. The highest BCUT2D eigenvalue weighted by Crippen LogP contribution is 2.07. The summed E-state index contributed by atoms with van der Waals surface area (Å²) in [6, 6.07) is -4.94. The lowest BCUT2D eigenvalue weighted by molar-refractivity contribution is -0.145. The second-order valence-corrected chi connectivity index (χ2v) is 8.66. The van der Waals surface area contributed by atoms with Crippen molar-refractivity contribution in [3.63, 3.8) is 0 Å². The lowest BCUT2D eigenvalue weighted by atomic mass is 10.0. The van der Waals surface area contributed by atoms with Crippen molar-refractivity contribution >= 4 is 41.4 Å². The summed E-state index contributed by atoms with van der Waals surface area (Å²) in [7, 11) is 0. The van der Waals surface area contributed by atoms with Crippen LogP contribution < -0.4 is 21.7 Å². The third kappa shape index (κ3) is 10.8. The van der Waals surface area contributed by atoms with Gasteiger partial charge in [0.15, 0.2) is 6.04 Å². The summed E-state index contributed by atoms with van der Waals surface area (Å²) in [6.45, 7) is 4.49. The van der Waals surface area contributed by atoms with Gasteiger partial charge in [-0.15, -0.1) is 0 Å². The zero-order valence-electron chi connectivity index (χ0n) is 18.7. The summed E-state index contributed by atoms with van der Waals surface area (Å²) < 4.78 is 0. The Labute approximate surface area is 191 Å². The first-order chi connectivity index (χ1) is 14.8. The Balaban J connectivity index is 5.44. The largest absolute Gasteiger partial charge is 0.481 e. The van der Waals surface area contributed by atoms with E-state index in [0.29, 0.717) is 12.2 Å². The van der Waals surface area contributed by atoms with Gasteiger partial charge < -0.3 is 37.0 Å². The number of carboxylic acids is 2. The Morgan fingerprint density at radius 2 is 1.44 bits per heavy atom. The van der Waals surface area contributed by atoms with Crippen LogP contribution in [0, 0.1) is 5.92 Å². The lowest BCUT2D eigenvalue weighted by Gasteiger charge is -2.27. The highest BCUT2D eigenvalue weighted by Gasteiger charge is 2.33. The first-order valence-corrected chi connectivity index (χ1v) is 11.5. The number of nitrogens with two attached hydrogens (primary N) is 1. The van der Waals surface area contributed by atoms with Crippen molar-refractivity contribution in [2.75, 3.05) is 12.0 Å². The number of aliphatic hydroxyl groups excluding tert-OH is 1. The van der Waals surface area contributed by atoms with Gasteiger partial charge in [0, 0.05) is 6.42 Å². The van der Waals surface area contributed by atoms with Crippen LogP contribution in [0.1, 0.15) is 40.0 Å². The SMILES string of the molecule is CSCCC(N)C(=O)NC(C(=O)NC(CCC(=O)O)C(=O)NC(C(=O)O)C(C)O)C(C)C. The van der Waals surface area contributed by atoms with Crippen molar-refractivity contribution in [2.24, 2.45) is 11.7 Å². The van der Waals surface area contributed by atoms with Gasteiger partial charge in [0.25, 0.3) is 0 Å². The zero-order chi connectivity index (χ0) is 25.0. The minimum atomic E-state index is -1.65. The van der Waals surface area contributed by atoms with E-state index in [0.717, 1.165) is 6.92 Å². The van der Waals surface area contributed by atoms with Crippen molar-refractivity contribution in [1.82, 2.24) is 16.0 Å². The van der Waals surface area contributed by atoms with Crippen molar-refractivity contribution in [3.05, 3.63) is 0 Å². The normalized spacial score (nSPS) is 15.7. The van der Waals surface area contributed by atoms with Crippen LogP contribution in [-0.2, 0) is 24.0 Å². The molecule has 32 heavy (non-hydrogen) atoms. The number of amides is 3. The standard InChI is InChI=1S/C19H34N4O8S/c1-9(2)14(22-16(27)11(20)7-8-32-4)18(29)21-12(5-6-13(25)26)17(28)23-15(10(3)24)19(30)31/h9-12,14-15,24H,5-8,20H2,1-4H3,(H,21,29)(H,22,27)(H,23,28)(H,25,26)(H,30,31). The molecule has 0 aliphatic rings. The third-order valence-electron chi connectivity index (χ3n) is 4.54. The van der Waals surface area contributed by atoms with E-state index in [9.17, 15) is 29.1 Å². The van der Waals surface area contributed by atoms with Crippen LogP contribution in [0.15, 0.2) is 0 Å². The average Bonchev–Trinajstić information content (AvgIpc) is 2.69. The Kier molecular flexibility index (Phi) is 13.5. The van der Waals surface area contributed by atoms with Gasteiger partial charge >= 0.3 is 11.9 Å². The van der Waals surface area contributed by atoms with Gasteiger partial charge in [-0.1, -0.05) is 13.8 Å². The summed E-state index contributed by atoms with van der Waals surface area (Å²) in [5.41, 5.74) is 5.83. The third-order valence-corrected chi connectivity index (χ3v) is 5.19. The van der Waals surface area contributed by atoms with E-state index >= 15 is 0 Å². The van der Waals surface area contributed by atoms with Gasteiger partial charge in [-0.25, -0.2) is 4.79 Å². The molecule has 0 radical (unpaired) electrons. The fraction of sp³-hybridized carbons (Fsp3) is 0.737. The lowest BCUT2D eigenvalue weighted by Crippen LogP contribution is -2.59. The molecule has 0 fully saturated rings. The molecule has 0 saturated carbocycles. The molecule has 5 unspecified atom stereocenters. The van der Waals surface area contributed by atoms with Crippen LogP contribution >= 0.6 is 11.8 Å². The first kappa shape index (κ1) is 29.6. The van der Waals surface area contributed by atoms with E-state index in [1.807, 2.05) is 6.26 Å². The van der Waals surface area contributed by atoms with Crippen LogP contribution in [0.3, 0.4) is 0 Å². The molecule has 0 rings (SSSR count). The van der Waals surface area contributed by atoms with Gasteiger partial charge in [0.2, 0.25) is 17.7 Å². The predicted octanol–water partition coefficient (Wildman–Crippen LogP) is -1.49. The monoisotopic (exact) mass is 478 g/mol. The maximum Gasteiger partial charge on any atom is 0.328 e. The Morgan fingerprint density at radius 1 is 0.875 bits per heavy atom. The van der Waals surface area contributed by atoms with Gasteiger partial charge in [-0.2, -0.15) is 11.8 Å². The first-order valence-electron chi connectivity index (χ1n) is 10.1. The maximum absolute atomic E-state index is 12.8. The number of thioether (sulfide) groups is 1. The van der Waals surface area contributed by atoms with E-state index in [2.05, 4.69) is 16.0 Å². The van der Waals surface area contributed by atoms with E-state index < -0.39 is 66.4 Å². The van der Waals surface area contributed by atoms with E-state index in [4.69, 9.17) is 15.9 Å². The predicted molar refractivity (Wildman–Crippen MR) is 118 cm³/mol. The molecule has 0 aliphatic carbocycles. The number of aliphatic carboxylic acids is 2. The molecule has 0 aromatic heterocycles. The minimum Gasteiger partial charge on any atom is -0.481 e. The Bertz CT molecular complexity index is 674. The zero-order valence-corrected chi connectivity index (χ0v) is 19.5.